The Morgan fingerprint density at radius 1 is 1.29 bits per heavy atom. The smallest absolute Gasteiger partial charge is 0.190 e. The van der Waals surface area contributed by atoms with Crippen LogP contribution >= 0.6 is 0 Å². The van der Waals surface area contributed by atoms with Crippen molar-refractivity contribution in [2.75, 3.05) is 0 Å². The molecule has 0 fully saturated rings. The minimum Gasteiger partial charge on any atom is -0.361 e. The highest BCUT2D eigenvalue weighted by atomic mass is 19.1. The molecule has 2 nitrogen and oxygen atoms in total. The zero-order valence-electron chi connectivity index (χ0n) is 10.1. The van der Waals surface area contributed by atoms with Gasteiger partial charge in [0.25, 0.3) is 0 Å². The molecule has 0 spiro atoms. The van der Waals surface area contributed by atoms with Gasteiger partial charge in [0.15, 0.2) is 12.1 Å². The molecule has 0 amide bonds. The largest absolute Gasteiger partial charge is 0.361 e. The van der Waals surface area contributed by atoms with Crippen LogP contribution in [0.4, 0.5) is 4.39 Å². The van der Waals surface area contributed by atoms with Gasteiger partial charge < -0.3 is 4.52 Å². The van der Waals surface area contributed by atoms with Crippen molar-refractivity contribution in [3.63, 3.8) is 0 Å². The second kappa shape index (κ2) is 5.13. The van der Waals surface area contributed by atoms with Gasteiger partial charge in [0, 0.05) is 5.56 Å². The van der Waals surface area contributed by atoms with Crippen molar-refractivity contribution < 1.29 is 8.91 Å². The van der Waals surface area contributed by atoms with E-state index >= 15 is 0 Å². The number of rotatable bonds is 4. The van der Waals surface area contributed by atoms with E-state index in [9.17, 15) is 4.39 Å². The summed E-state index contributed by atoms with van der Waals surface area (Å²) in [5.41, 5.74) is 2.30. The second-order valence-corrected chi connectivity index (χ2v) is 4.43. The Hall–Kier alpha value is -1.64. The third-order valence-corrected chi connectivity index (χ3v) is 3.03. The normalized spacial score (nSPS) is 12.6. The number of nitrogens with zero attached hydrogens (tertiary/aromatic N) is 1. The van der Waals surface area contributed by atoms with E-state index in [1.807, 2.05) is 24.3 Å². The van der Waals surface area contributed by atoms with Crippen LogP contribution in [-0.2, 0) is 6.42 Å². The molecule has 0 radical (unpaired) electrons. The topological polar surface area (TPSA) is 26.0 Å². The molecule has 2 aromatic rings. The number of halogens is 1. The van der Waals surface area contributed by atoms with Crippen LogP contribution in [-0.4, -0.2) is 5.16 Å². The second-order valence-electron chi connectivity index (χ2n) is 4.43. The quantitative estimate of drug-likeness (QED) is 0.795. The van der Waals surface area contributed by atoms with Gasteiger partial charge >= 0.3 is 0 Å². The molecule has 90 valence electrons. The predicted octanol–water partition coefficient (Wildman–Crippen LogP) is 4.07. The molecule has 1 aromatic heterocycles. The van der Waals surface area contributed by atoms with Gasteiger partial charge in [0.05, 0.1) is 0 Å². The number of hydrogen-bond acceptors (Lipinski definition) is 2. The van der Waals surface area contributed by atoms with Crippen molar-refractivity contribution in [3.8, 4) is 11.3 Å². The third-order valence-electron chi connectivity index (χ3n) is 3.03. The fraction of sp³-hybridized carbons (Fsp3) is 0.357. The van der Waals surface area contributed by atoms with Crippen LogP contribution in [0, 0.1) is 11.7 Å². The lowest BCUT2D eigenvalue weighted by Crippen LogP contribution is -1.97. The standard InChI is InChI=1S/C14H16FNO/c1-3-10(2)8-11-4-6-12(7-5-11)14-13(15)9-17-16-14/h4-7,9-10H,3,8H2,1-2H3. The van der Waals surface area contributed by atoms with Crippen LogP contribution in [0.1, 0.15) is 25.8 Å². The Labute approximate surface area is 100 Å². The molecule has 0 N–H and O–H groups in total. The summed E-state index contributed by atoms with van der Waals surface area (Å²) in [5.74, 6) is 0.254. The van der Waals surface area contributed by atoms with E-state index in [1.54, 1.807) is 0 Å². The molecule has 17 heavy (non-hydrogen) atoms. The SMILES string of the molecule is CCC(C)Cc1ccc(-c2nocc2F)cc1. The fourth-order valence-electron chi connectivity index (χ4n) is 1.76. The lowest BCUT2D eigenvalue weighted by molar-refractivity contribution is 0.415. The Bertz CT molecular complexity index is 475. The molecule has 0 saturated carbocycles. The van der Waals surface area contributed by atoms with Gasteiger partial charge in [-0.3, -0.25) is 0 Å². The molecule has 0 bridgehead atoms. The Morgan fingerprint density at radius 2 is 2.00 bits per heavy atom. The number of hydrogen-bond donors (Lipinski definition) is 0. The molecule has 1 unspecified atom stereocenters. The fourth-order valence-corrected chi connectivity index (χ4v) is 1.76. The van der Waals surface area contributed by atoms with E-state index in [0.717, 1.165) is 18.2 Å². The van der Waals surface area contributed by atoms with E-state index in [2.05, 4.69) is 23.5 Å². The molecule has 0 saturated heterocycles. The maximum Gasteiger partial charge on any atom is 0.190 e. The zero-order chi connectivity index (χ0) is 12.3. The van der Waals surface area contributed by atoms with Crippen LogP contribution < -0.4 is 0 Å². The first-order valence-electron chi connectivity index (χ1n) is 5.90. The molecule has 3 heteroatoms. The number of benzene rings is 1. The molecule has 1 aromatic carbocycles. The lowest BCUT2D eigenvalue weighted by atomic mass is 9.98. The molecule has 1 atom stereocenters. The average molecular weight is 233 g/mol. The van der Waals surface area contributed by atoms with Gasteiger partial charge in [-0.2, -0.15) is 0 Å². The van der Waals surface area contributed by atoms with Crippen molar-refractivity contribution in [2.24, 2.45) is 5.92 Å². The van der Waals surface area contributed by atoms with E-state index in [0.29, 0.717) is 5.92 Å². The van der Waals surface area contributed by atoms with Crippen molar-refractivity contribution in [1.29, 1.82) is 0 Å². The van der Waals surface area contributed by atoms with Crippen LogP contribution in [0.3, 0.4) is 0 Å². The van der Waals surface area contributed by atoms with Gasteiger partial charge in [0.1, 0.15) is 5.69 Å². The van der Waals surface area contributed by atoms with Gasteiger partial charge in [-0.05, 0) is 17.9 Å². The monoisotopic (exact) mass is 233 g/mol. The van der Waals surface area contributed by atoms with Crippen LogP contribution in [0.2, 0.25) is 0 Å². The Morgan fingerprint density at radius 3 is 2.53 bits per heavy atom. The van der Waals surface area contributed by atoms with Crippen LogP contribution in [0.15, 0.2) is 35.1 Å². The summed E-state index contributed by atoms with van der Waals surface area (Å²) in [6.45, 7) is 4.41. The first-order valence-corrected chi connectivity index (χ1v) is 5.90. The summed E-state index contributed by atoms with van der Waals surface area (Å²) in [6, 6.07) is 7.82. The van der Waals surface area contributed by atoms with E-state index < -0.39 is 5.82 Å². The lowest BCUT2D eigenvalue weighted by Gasteiger charge is -2.08. The minimum absolute atomic E-state index is 0.278. The highest BCUT2D eigenvalue weighted by Crippen LogP contribution is 2.22. The summed E-state index contributed by atoms with van der Waals surface area (Å²) >= 11 is 0. The summed E-state index contributed by atoms with van der Waals surface area (Å²) in [5, 5.41) is 3.64. The van der Waals surface area contributed by atoms with E-state index in [4.69, 9.17) is 0 Å². The highest BCUT2D eigenvalue weighted by molar-refractivity contribution is 5.59. The minimum atomic E-state index is -0.417. The molecule has 0 aliphatic rings. The summed E-state index contributed by atoms with van der Waals surface area (Å²) in [6.07, 6.45) is 3.24. The van der Waals surface area contributed by atoms with Gasteiger partial charge in [-0.1, -0.05) is 49.7 Å². The predicted molar refractivity (Wildman–Crippen MR) is 65.1 cm³/mol. The molecular formula is C14H16FNO. The van der Waals surface area contributed by atoms with Gasteiger partial charge in [-0.25, -0.2) is 4.39 Å². The Kier molecular flexibility index (Phi) is 3.57. The van der Waals surface area contributed by atoms with Gasteiger partial charge in [-0.15, -0.1) is 0 Å². The molecule has 1 heterocycles. The first kappa shape index (κ1) is 11.8. The summed E-state index contributed by atoms with van der Waals surface area (Å²) in [4.78, 5) is 0. The highest BCUT2D eigenvalue weighted by Gasteiger charge is 2.09. The maximum absolute atomic E-state index is 13.2. The van der Waals surface area contributed by atoms with Crippen LogP contribution in [0.5, 0.6) is 0 Å². The first-order chi connectivity index (χ1) is 8.20. The molecule has 0 aliphatic carbocycles. The molecular weight excluding hydrogens is 217 g/mol. The summed E-state index contributed by atoms with van der Waals surface area (Å²) < 4.78 is 17.8. The van der Waals surface area contributed by atoms with Crippen molar-refractivity contribution in [3.05, 3.63) is 41.9 Å². The molecule has 0 aliphatic heterocycles. The average Bonchev–Trinajstić information content (AvgIpc) is 2.76. The Balaban J connectivity index is 2.16. The molecule has 2 rings (SSSR count). The van der Waals surface area contributed by atoms with E-state index in [1.165, 1.54) is 12.0 Å². The number of aromatic nitrogens is 1. The van der Waals surface area contributed by atoms with Gasteiger partial charge in [0.2, 0.25) is 0 Å². The maximum atomic E-state index is 13.2. The zero-order valence-corrected chi connectivity index (χ0v) is 10.1. The third kappa shape index (κ3) is 2.73. The van der Waals surface area contributed by atoms with Crippen LogP contribution in [0.25, 0.3) is 11.3 Å². The van der Waals surface area contributed by atoms with Crippen molar-refractivity contribution >= 4 is 0 Å². The summed E-state index contributed by atoms with van der Waals surface area (Å²) in [7, 11) is 0. The van der Waals surface area contributed by atoms with Crippen molar-refractivity contribution in [1.82, 2.24) is 5.16 Å². The van der Waals surface area contributed by atoms with Crippen molar-refractivity contribution in [2.45, 2.75) is 26.7 Å². The van der Waals surface area contributed by atoms with E-state index in [-0.39, 0.29) is 5.69 Å².